The number of hydrogen-bond donors (Lipinski definition) is 1. The van der Waals surface area contributed by atoms with Gasteiger partial charge < -0.3 is 5.32 Å². The largest absolute Gasteiger partial charge is 0.320 e. The van der Waals surface area contributed by atoms with Crippen molar-refractivity contribution in [2.24, 2.45) is 0 Å². The van der Waals surface area contributed by atoms with Crippen LogP contribution in [0.5, 0.6) is 0 Å². The van der Waals surface area contributed by atoms with E-state index in [0.29, 0.717) is 11.1 Å². The van der Waals surface area contributed by atoms with Gasteiger partial charge in [0.25, 0.3) is 5.69 Å². The number of benzene rings is 2. The van der Waals surface area contributed by atoms with Gasteiger partial charge in [-0.1, -0.05) is 12.1 Å². The molecule has 0 fully saturated rings. The van der Waals surface area contributed by atoms with Gasteiger partial charge in [-0.2, -0.15) is 5.26 Å². The van der Waals surface area contributed by atoms with E-state index in [2.05, 4.69) is 5.32 Å². The van der Waals surface area contributed by atoms with Gasteiger partial charge in [-0.05, 0) is 29.8 Å². The first kappa shape index (κ1) is 15.9. The molecular formula is C16H10FN3O3. The van der Waals surface area contributed by atoms with Crippen molar-refractivity contribution in [1.29, 1.82) is 5.26 Å². The molecule has 2 rings (SSSR count). The third kappa shape index (κ3) is 4.22. The number of carbonyl (C=O) groups is 1. The highest BCUT2D eigenvalue weighted by Crippen LogP contribution is 2.21. The van der Waals surface area contributed by atoms with Gasteiger partial charge in [-0.3, -0.25) is 14.9 Å². The minimum atomic E-state index is -0.774. The predicted octanol–water partition coefficient (Wildman–Crippen LogP) is 3.26. The molecule has 0 saturated carbocycles. The maximum atomic E-state index is 13.6. The molecule has 2 aromatic carbocycles. The van der Waals surface area contributed by atoms with Crippen LogP contribution in [0.1, 0.15) is 11.1 Å². The summed E-state index contributed by atoms with van der Waals surface area (Å²) in [5.74, 6) is -1.42. The number of anilines is 1. The molecule has 114 valence electrons. The zero-order valence-electron chi connectivity index (χ0n) is 11.7. The maximum Gasteiger partial charge on any atom is 0.271 e. The van der Waals surface area contributed by atoms with Crippen molar-refractivity contribution in [3.63, 3.8) is 0 Å². The smallest absolute Gasteiger partial charge is 0.271 e. The number of nitro groups is 1. The van der Waals surface area contributed by atoms with Crippen molar-refractivity contribution in [2.75, 3.05) is 5.32 Å². The average Bonchev–Trinajstić information content (AvgIpc) is 2.55. The highest BCUT2D eigenvalue weighted by atomic mass is 19.1. The number of rotatable bonds is 4. The van der Waals surface area contributed by atoms with E-state index in [-0.39, 0.29) is 11.4 Å². The molecule has 0 saturated heterocycles. The number of non-ortho nitro benzene ring substituents is 1. The molecule has 2 aromatic rings. The Morgan fingerprint density at radius 2 is 2.09 bits per heavy atom. The molecule has 0 heterocycles. The number of hydrogen-bond acceptors (Lipinski definition) is 4. The van der Waals surface area contributed by atoms with E-state index in [4.69, 9.17) is 5.26 Å². The van der Waals surface area contributed by atoms with Gasteiger partial charge >= 0.3 is 0 Å². The second-order valence-corrected chi connectivity index (χ2v) is 4.48. The fourth-order valence-corrected chi connectivity index (χ4v) is 1.78. The van der Waals surface area contributed by atoms with Crippen LogP contribution in [0.2, 0.25) is 0 Å². The molecule has 0 bridgehead atoms. The molecule has 0 radical (unpaired) electrons. The van der Waals surface area contributed by atoms with E-state index in [0.717, 1.165) is 24.3 Å². The molecule has 23 heavy (non-hydrogen) atoms. The van der Waals surface area contributed by atoms with E-state index >= 15 is 0 Å². The molecule has 0 aliphatic carbocycles. The number of nitro benzene ring substituents is 1. The summed E-state index contributed by atoms with van der Waals surface area (Å²) in [5.41, 5.74) is 0.461. The minimum absolute atomic E-state index is 0.278. The fraction of sp³-hybridized carbons (Fsp3) is 0. The highest BCUT2D eigenvalue weighted by Gasteiger charge is 2.11. The molecule has 1 amide bonds. The normalized spacial score (nSPS) is 10.3. The number of amides is 1. The monoisotopic (exact) mass is 311 g/mol. The number of nitriles is 1. The zero-order valence-corrected chi connectivity index (χ0v) is 11.7. The maximum absolute atomic E-state index is 13.6. The number of halogens is 1. The lowest BCUT2D eigenvalue weighted by Crippen LogP contribution is -2.09. The Labute approximate surface area is 130 Å². The second kappa shape index (κ2) is 6.95. The Hall–Kier alpha value is -3.53. The molecular weight excluding hydrogens is 301 g/mol. The highest BCUT2D eigenvalue weighted by molar-refractivity contribution is 6.02. The summed E-state index contributed by atoms with van der Waals surface area (Å²) in [6, 6.07) is 11.4. The van der Waals surface area contributed by atoms with Crippen LogP contribution in [-0.2, 0) is 4.79 Å². The molecule has 0 aromatic heterocycles. The average molecular weight is 311 g/mol. The Morgan fingerprint density at radius 3 is 2.78 bits per heavy atom. The van der Waals surface area contributed by atoms with E-state index in [9.17, 15) is 19.3 Å². The second-order valence-electron chi connectivity index (χ2n) is 4.48. The number of carbonyl (C=O) groups excluding carboxylic acids is 1. The lowest BCUT2D eigenvalue weighted by atomic mass is 10.1. The zero-order chi connectivity index (χ0) is 16.8. The van der Waals surface area contributed by atoms with Crippen molar-refractivity contribution in [1.82, 2.24) is 0 Å². The number of nitrogens with zero attached hydrogens (tertiary/aromatic N) is 2. The Kier molecular flexibility index (Phi) is 4.79. The fourth-order valence-electron chi connectivity index (χ4n) is 1.78. The molecule has 6 nitrogen and oxygen atoms in total. The summed E-state index contributed by atoms with van der Waals surface area (Å²) in [7, 11) is 0. The van der Waals surface area contributed by atoms with Crippen LogP contribution < -0.4 is 5.32 Å². The Balaban J connectivity index is 2.13. The van der Waals surface area contributed by atoms with Crippen LogP contribution in [0.3, 0.4) is 0 Å². The van der Waals surface area contributed by atoms with E-state index in [1.165, 1.54) is 6.08 Å². The van der Waals surface area contributed by atoms with Crippen LogP contribution in [0.4, 0.5) is 15.8 Å². The molecule has 0 aliphatic heterocycles. The van der Waals surface area contributed by atoms with Crippen molar-refractivity contribution in [2.45, 2.75) is 0 Å². The third-order valence-electron chi connectivity index (χ3n) is 2.86. The van der Waals surface area contributed by atoms with Crippen molar-refractivity contribution in [3.05, 3.63) is 75.6 Å². The summed E-state index contributed by atoms with van der Waals surface area (Å²) < 4.78 is 13.6. The molecule has 0 unspecified atom stereocenters. The summed E-state index contributed by atoms with van der Waals surface area (Å²) >= 11 is 0. The Bertz CT molecular complexity index is 841. The SMILES string of the molecule is N#Cc1cccc(C=CC(=O)Nc2cc([N+](=O)[O-])ccc2F)c1. The summed E-state index contributed by atoms with van der Waals surface area (Å²) in [5, 5.41) is 21.7. The lowest BCUT2D eigenvalue weighted by molar-refractivity contribution is -0.384. The van der Waals surface area contributed by atoms with Gasteiger partial charge in [-0.15, -0.1) is 0 Å². The van der Waals surface area contributed by atoms with Crippen LogP contribution in [0.25, 0.3) is 6.08 Å². The van der Waals surface area contributed by atoms with Crippen molar-refractivity contribution in [3.8, 4) is 6.07 Å². The first-order valence-electron chi connectivity index (χ1n) is 6.43. The number of nitrogens with one attached hydrogen (secondary N) is 1. The van der Waals surface area contributed by atoms with Gasteiger partial charge in [0.15, 0.2) is 0 Å². The molecule has 1 N–H and O–H groups in total. The Morgan fingerprint density at radius 1 is 1.30 bits per heavy atom. The first-order valence-corrected chi connectivity index (χ1v) is 6.43. The third-order valence-corrected chi connectivity index (χ3v) is 2.86. The standard InChI is InChI=1S/C16H10FN3O3/c17-14-6-5-13(20(22)23)9-15(14)19-16(21)7-4-11-2-1-3-12(8-11)10-18/h1-9H,(H,19,21). The molecule has 7 heteroatoms. The summed E-state index contributed by atoms with van der Waals surface area (Å²) in [6.07, 6.45) is 2.60. The molecule has 0 spiro atoms. The molecule has 0 aliphatic rings. The molecule has 0 atom stereocenters. The van der Waals surface area contributed by atoms with E-state index < -0.39 is 16.6 Å². The predicted molar refractivity (Wildman–Crippen MR) is 81.9 cm³/mol. The van der Waals surface area contributed by atoms with Crippen LogP contribution in [0.15, 0.2) is 48.5 Å². The van der Waals surface area contributed by atoms with Gasteiger partial charge in [0, 0.05) is 18.2 Å². The van der Waals surface area contributed by atoms with Crippen LogP contribution >= 0.6 is 0 Å². The first-order chi connectivity index (χ1) is 11.0. The van der Waals surface area contributed by atoms with Gasteiger partial charge in [0.2, 0.25) is 5.91 Å². The quantitative estimate of drug-likeness (QED) is 0.532. The van der Waals surface area contributed by atoms with E-state index in [1.54, 1.807) is 24.3 Å². The van der Waals surface area contributed by atoms with Crippen LogP contribution in [-0.4, -0.2) is 10.8 Å². The van der Waals surface area contributed by atoms with Crippen molar-refractivity contribution >= 4 is 23.4 Å². The lowest BCUT2D eigenvalue weighted by Gasteiger charge is -2.03. The minimum Gasteiger partial charge on any atom is -0.320 e. The van der Waals surface area contributed by atoms with Gasteiger partial charge in [-0.25, -0.2) is 4.39 Å². The van der Waals surface area contributed by atoms with Gasteiger partial charge in [0.05, 0.1) is 22.2 Å². The summed E-state index contributed by atoms with van der Waals surface area (Å²) in [6.45, 7) is 0. The van der Waals surface area contributed by atoms with E-state index in [1.807, 2.05) is 6.07 Å². The topological polar surface area (TPSA) is 96.0 Å². The van der Waals surface area contributed by atoms with Gasteiger partial charge in [0.1, 0.15) is 5.82 Å². The van der Waals surface area contributed by atoms with Crippen LogP contribution in [0, 0.1) is 27.3 Å². The van der Waals surface area contributed by atoms with Crippen molar-refractivity contribution < 1.29 is 14.1 Å². The summed E-state index contributed by atoms with van der Waals surface area (Å²) in [4.78, 5) is 21.7.